The highest BCUT2D eigenvalue weighted by Crippen LogP contribution is 2.01. The minimum Gasteiger partial charge on any atom is -0.391 e. The summed E-state index contributed by atoms with van der Waals surface area (Å²) in [5.74, 6) is 0. The Morgan fingerprint density at radius 3 is 1.78 bits per heavy atom. The molecule has 0 aromatic heterocycles. The van der Waals surface area contributed by atoms with Crippen molar-refractivity contribution in [2.45, 2.75) is 38.6 Å². The van der Waals surface area contributed by atoms with Crippen molar-refractivity contribution in [1.29, 1.82) is 0 Å². The maximum Gasteiger partial charge on any atom is 0.105 e. The highest BCUT2D eigenvalue weighted by atomic mass is 16.4. The van der Waals surface area contributed by atoms with E-state index in [0.717, 1.165) is 0 Å². The molecule has 3 heteroatoms. The summed E-state index contributed by atoms with van der Waals surface area (Å²) in [7, 11) is 0. The van der Waals surface area contributed by atoms with Gasteiger partial charge < -0.3 is 15.3 Å². The summed E-state index contributed by atoms with van der Waals surface area (Å²) in [5, 5.41) is 26.5. The van der Waals surface area contributed by atoms with Crippen LogP contribution in [0.4, 0.5) is 0 Å². The van der Waals surface area contributed by atoms with Crippen LogP contribution >= 0.6 is 0 Å². The SMILES string of the molecule is CC[C@@H](O)[C@@H](O)[C@H](C)O. The lowest BCUT2D eigenvalue weighted by atomic mass is 10.1. The van der Waals surface area contributed by atoms with Gasteiger partial charge in [-0.05, 0) is 13.3 Å². The van der Waals surface area contributed by atoms with Gasteiger partial charge in [-0.1, -0.05) is 6.92 Å². The van der Waals surface area contributed by atoms with Crippen molar-refractivity contribution >= 4 is 0 Å². The number of rotatable bonds is 3. The van der Waals surface area contributed by atoms with E-state index in [4.69, 9.17) is 15.3 Å². The Morgan fingerprint density at radius 2 is 1.67 bits per heavy atom. The Kier molecular flexibility index (Phi) is 3.77. The summed E-state index contributed by atoms with van der Waals surface area (Å²) in [6.45, 7) is 3.19. The second-order valence-corrected chi connectivity index (χ2v) is 2.21. The fraction of sp³-hybridized carbons (Fsp3) is 1.00. The van der Waals surface area contributed by atoms with Gasteiger partial charge in [-0.2, -0.15) is 0 Å². The van der Waals surface area contributed by atoms with E-state index in [1.54, 1.807) is 6.92 Å². The van der Waals surface area contributed by atoms with Gasteiger partial charge in [0, 0.05) is 0 Å². The third-order valence-electron chi connectivity index (χ3n) is 1.31. The largest absolute Gasteiger partial charge is 0.391 e. The minimum atomic E-state index is -1.00. The first-order chi connectivity index (χ1) is 4.09. The maximum atomic E-state index is 8.89. The van der Waals surface area contributed by atoms with Gasteiger partial charge in [0.25, 0.3) is 0 Å². The van der Waals surface area contributed by atoms with Gasteiger partial charge in [-0.15, -0.1) is 0 Å². The first kappa shape index (κ1) is 8.88. The lowest BCUT2D eigenvalue weighted by molar-refractivity contribution is -0.0524. The van der Waals surface area contributed by atoms with Crippen LogP contribution in [0.1, 0.15) is 20.3 Å². The molecule has 56 valence electrons. The molecule has 0 radical (unpaired) electrons. The number of aliphatic hydroxyl groups is 3. The average Bonchev–Trinajstić information content (AvgIpc) is 1.84. The number of aliphatic hydroxyl groups excluding tert-OH is 3. The predicted octanol–water partition coefficient (Wildman–Crippen LogP) is -0.501. The summed E-state index contributed by atoms with van der Waals surface area (Å²) in [6.07, 6.45) is -2.19. The summed E-state index contributed by atoms with van der Waals surface area (Å²) in [5.41, 5.74) is 0. The van der Waals surface area contributed by atoms with E-state index < -0.39 is 18.3 Å². The monoisotopic (exact) mass is 134 g/mol. The first-order valence-electron chi connectivity index (χ1n) is 3.13. The molecule has 3 atom stereocenters. The fourth-order valence-corrected chi connectivity index (χ4v) is 0.563. The van der Waals surface area contributed by atoms with Crippen molar-refractivity contribution in [3.63, 3.8) is 0 Å². The Morgan fingerprint density at radius 1 is 1.22 bits per heavy atom. The van der Waals surface area contributed by atoms with E-state index in [1.807, 2.05) is 0 Å². The zero-order valence-electron chi connectivity index (χ0n) is 5.78. The van der Waals surface area contributed by atoms with Crippen LogP contribution in [0, 0.1) is 0 Å². The van der Waals surface area contributed by atoms with Crippen molar-refractivity contribution in [1.82, 2.24) is 0 Å². The van der Waals surface area contributed by atoms with Gasteiger partial charge in [0.15, 0.2) is 0 Å². The molecule has 0 aromatic rings. The molecule has 0 unspecified atom stereocenters. The Bertz CT molecular complexity index is 72.7. The van der Waals surface area contributed by atoms with Gasteiger partial charge in [-0.25, -0.2) is 0 Å². The van der Waals surface area contributed by atoms with E-state index in [0.29, 0.717) is 6.42 Å². The van der Waals surface area contributed by atoms with Crippen LogP contribution < -0.4 is 0 Å². The lowest BCUT2D eigenvalue weighted by Gasteiger charge is -2.17. The van der Waals surface area contributed by atoms with Gasteiger partial charge in [0.05, 0.1) is 12.2 Å². The van der Waals surface area contributed by atoms with Crippen molar-refractivity contribution in [2.75, 3.05) is 0 Å². The van der Waals surface area contributed by atoms with Crippen molar-refractivity contribution in [2.24, 2.45) is 0 Å². The van der Waals surface area contributed by atoms with Crippen LogP contribution in [0.2, 0.25) is 0 Å². The van der Waals surface area contributed by atoms with Crippen LogP contribution in [0.5, 0.6) is 0 Å². The molecule has 3 N–H and O–H groups in total. The molecular weight excluding hydrogens is 120 g/mol. The second-order valence-electron chi connectivity index (χ2n) is 2.21. The molecule has 0 aliphatic heterocycles. The summed E-state index contributed by atoms with van der Waals surface area (Å²) in [6, 6.07) is 0. The molecule has 0 fully saturated rings. The van der Waals surface area contributed by atoms with Crippen molar-refractivity contribution < 1.29 is 15.3 Å². The zero-order valence-corrected chi connectivity index (χ0v) is 5.78. The van der Waals surface area contributed by atoms with Gasteiger partial charge in [0.1, 0.15) is 6.10 Å². The normalized spacial score (nSPS) is 21.0. The minimum absolute atomic E-state index is 0.464. The fourth-order valence-electron chi connectivity index (χ4n) is 0.563. The standard InChI is InChI=1S/C6H14O3/c1-3-5(8)6(9)4(2)7/h4-9H,3H2,1-2H3/t4-,5+,6-/m0/s1. The van der Waals surface area contributed by atoms with Crippen LogP contribution in [-0.4, -0.2) is 33.6 Å². The van der Waals surface area contributed by atoms with E-state index in [1.165, 1.54) is 6.92 Å². The highest BCUT2D eigenvalue weighted by Gasteiger charge is 2.18. The van der Waals surface area contributed by atoms with E-state index >= 15 is 0 Å². The van der Waals surface area contributed by atoms with E-state index in [-0.39, 0.29) is 0 Å². The third-order valence-corrected chi connectivity index (χ3v) is 1.31. The predicted molar refractivity (Wildman–Crippen MR) is 34.0 cm³/mol. The molecule has 0 spiro atoms. The van der Waals surface area contributed by atoms with E-state index in [2.05, 4.69) is 0 Å². The van der Waals surface area contributed by atoms with Crippen molar-refractivity contribution in [3.8, 4) is 0 Å². The molecule has 0 aliphatic rings. The van der Waals surface area contributed by atoms with Crippen molar-refractivity contribution in [3.05, 3.63) is 0 Å². The molecular formula is C6H14O3. The summed E-state index contributed by atoms with van der Waals surface area (Å²) >= 11 is 0. The highest BCUT2D eigenvalue weighted by molar-refractivity contribution is 4.69. The summed E-state index contributed by atoms with van der Waals surface area (Å²) < 4.78 is 0. The van der Waals surface area contributed by atoms with E-state index in [9.17, 15) is 0 Å². The molecule has 0 heterocycles. The van der Waals surface area contributed by atoms with Crippen LogP contribution in [0.15, 0.2) is 0 Å². The maximum absolute atomic E-state index is 8.89. The van der Waals surface area contributed by atoms with Crippen LogP contribution in [0.25, 0.3) is 0 Å². The number of hydrogen-bond acceptors (Lipinski definition) is 3. The molecule has 0 bridgehead atoms. The zero-order chi connectivity index (χ0) is 7.44. The van der Waals surface area contributed by atoms with Gasteiger partial charge >= 0.3 is 0 Å². The molecule has 0 amide bonds. The molecule has 0 rings (SSSR count). The topological polar surface area (TPSA) is 60.7 Å². The first-order valence-corrected chi connectivity index (χ1v) is 3.13. The smallest absolute Gasteiger partial charge is 0.105 e. The third kappa shape index (κ3) is 2.79. The van der Waals surface area contributed by atoms with Gasteiger partial charge in [-0.3, -0.25) is 0 Å². The molecule has 9 heavy (non-hydrogen) atoms. The molecule has 3 nitrogen and oxygen atoms in total. The molecule has 0 saturated carbocycles. The second kappa shape index (κ2) is 3.82. The molecule has 0 aromatic carbocycles. The summed E-state index contributed by atoms with van der Waals surface area (Å²) in [4.78, 5) is 0. The van der Waals surface area contributed by atoms with Crippen LogP contribution in [0.3, 0.4) is 0 Å². The Balaban J connectivity index is 3.58. The number of hydrogen-bond donors (Lipinski definition) is 3. The average molecular weight is 134 g/mol. The molecule has 0 saturated heterocycles. The van der Waals surface area contributed by atoms with Crippen LogP contribution in [-0.2, 0) is 0 Å². The molecule has 0 aliphatic carbocycles. The lowest BCUT2D eigenvalue weighted by Crippen LogP contribution is -2.34. The van der Waals surface area contributed by atoms with Gasteiger partial charge in [0.2, 0.25) is 0 Å². The quantitative estimate of drug-likeness (QED) is 0.487. The Hall–Kier alpha value is -0.120. The Labute approximate surface area is 54.9 Å².